The van der Waals surface area contributed by atoms with Crippen molar-refractivity contribution in [1.82, 2.24) is 14.5 Å². The molecular weight excluding hydrogens is 521 g/mol. The third-order valence-electron chi connectivity index (χ3n) is 5.63. The topological polar surface area (TPSA) is 107 Å². The first-order chi connectivity index (χ1) is 19.0. The number of ether oxygens (including phenoxy) is 2. The van der Waals surface area contributed by atoms with E-state index in [1.54, 1.807) is 50.0 Å². The van der Waals surface area contributed by atoms with Crippen molar-refractivity contribution in [2.45, 2.75) is 13.0 Å². The molecule has 11 heteroatoms. The van der Waals surface area contributed by atoms with Crippen molar-refractivity contribution < 1.29 is 23.5 Å². The summed E-state index contributed by atoms with van der Waals surface area (Å²) >= 11 is 1.45. The van der Waals surface area contributed by atoms with Gasteiger partial charge in [0.05, 0.1) is 33.7 Å². The molecule has 0 spiro atoms. The van der Waals surface area contributed by atoms with Crippen LogP contribution >= 0.6 is 11.3 Å². The Hall–Kier alpha value is -4.61. The number of carbonyl (C=O) groups excluding carboxylic acids is 2. The van der Waals surface area contributed by atoms with E-state index in [1.165, 1.54) is 23.5 Å². The Bertz CT molecular complexity index is 1620. The van der Waals surface area contributed by atoms with Gasteiger partial charge in [0, 0.05) is 49.6 Å². The van der Waals surface area contributed by atoms with Crippen LogP contribution in [0.25, 0.3) is 20.8 Å². The van der Waals surface area contributed by atoms with Gasteiger partial charge in [0.15, 0.2) is 11.6 Å². The normalized spacial score (nSPS) is 10.9. The van der Waals surface area contributed by atoms with Crippen molar-refractivity contribution in [2.75, 3.05) is 24.4 Å². The van der Waals surface area contributed by atoms with Crippen molar-refractivity contribution in [3.8, 4) is 22.1 Å². The van der Waals surface area contributed by atoms with Gasteiger partial charge in [-0.15, -0.1) is 11.3 Å². The second kappa shape index (κ2) is 11.8. The Morgan fingerprint density at radius 1 is 0.974 bits per heavy atom. The number of anilines is 2. The number of para-hydroxylation sites is 1. The molecule has 198 valence electrons. The average Bonchev–Trinajstić information content (AvgIpc) is 3.57. The smallest absolute Gasteiger partial charge is 0.233 e. The molecule has 5 rings (SSSR count). The van der Waals surface area contributed by atoms with Crippen LogP contribution in [0.5, 0.6) is 11.5 Å². The second-order valence-corrected chi connectivity index (χ2v) is 9.56. The number of carbonyl (C=O) groups is 2. The van der Waals surface area contributed by atoms with E-state index < -0.39 is 24.1 Å². The van der Waals surface area contributed by atoms with Gasteiger partial charge in [-0.1, -0.05) is 18.2 Å². The van der Waals surface area contributed by atoms with Crippen molar-refractivity contribution in [3.05, 3.63) is 85.2 Å². The quantitative estimate of drug-likeness (QED) is 0.218. The van der Waals surface area contributed by atoms with Crippen molar-refractivity contribution in [2.24, 2.45) is 0 Å². The molecule has 0 atom stereocenters. The molecule has 0 aliphatic carbocycles. The molecule has 0 unspecified atom stereocenters. The fourth-order valence-electron chi connectivity index (χ4n) is 3.79. The van der Waals surface area contributed by atoms with Crippen LogP contribution in [0.1, 0.15) is 6.42 Å². The minimum Gasteiger partial charge on any atom is -0.453 e. The van der Waals surface area contributed by atoms with E-state index in [9.17, 15) is 14.0 Å². The maximum Gasteiger partial charge on any atom is 0.233 e. The highest BCUT2D eigenvalue weighted by molar-refractivity contribution is 7.22. The molecule has 0 saturated carbocycles. The first kappa shape index (κ1) is 26.0. The fourth-order valence-corrected chi connectivity index (χ4v) is 4.81. The van der Waals surface area contributed by atoms with Gasteiger partial charge in [0.25, 0.3) is 0 Å². The number of halogens is 1. The molecule has 2 N–H and O–H groups in total. The zero-order chi connectivity index (χ0) is 27.2. The van der Waals surface area contributed by atoms with Crippen LogP contribution in [0.3, 0.4) is 0 Å². The number of fused-ring (bicyclic) bond motifs is 1. The number of rotatable bonds is 10. The Labute approximate surface area is 227 Å². The van der Waals surface area contributed by atoms with Gasteiger partial charge < -0.3 is 24.7 Å². The zero-order valence-corrected chi connectivity index (χ0v) is 21.7. The van der Waals surface area contributed by atoms with Gasteiger partial charge in [0.1, 0.15) is 12.2 Å². The van der Waals surface area contributed by atoms with Crippen LogP contribution in [0, 0.1) is 5.82 Å². The summed E-state index contributed by atoms with van der Waals surface area (Å²) in [5.41, 5.74) is 2.29. The molecule has 0 saturated heterocycles. The van der Waals surface area contributed by atoms with Crippen molar-refractivity contribution in [1.29, 1.82) is 0 Å². The average molecular weight is 546 g/mol. The third kappa shape index (κ3) is 6.46. The molecule has 0 aliphatic rings. The number of nitrogens with zero attached hydrogens (tertiary/aromatic N) is 3. The van der Waals surface area contributed by atoms with Gasteiger partial charge in [-0.2, -0.15) is 0 Å². The lowest BCUT2D eigenvalue weighted by molar-refractivity contribution is -0.123. The second-order valence-electron chi connectivity index (χ2n) is 8.51. The number of pyridine rings is 1. The zero-order valence-electron chi connectivity index (χ0n) is 20.9. The predicted octanol–water partition coefficient (Wildman–Crippen LogP) is 5.70. The Morgan fingerprint density at radius 2 is 1.77 bits per heavy atom. The number of hydrogen-bond donors (Lipinski definition) is 2. The first-order valence-electron chi connectivity index (χ1n) is 12.0. The molecular formula is C28H24FN5O4S. The summed E-state index contributed by atoms with van der Waals surface area (Å²) in [6.07, 6.45) is 4.87. The van der Waals surface area contributed by atoms with Crippen molar-refractivity contribution in [3.63, 3.8) is 0 Å². The van der Waals surface area contributed by atoms with Crippen LogP contribution in [-0.2, 0) is 20.9 Å². The lowest BCUT2D eigenvalue weighted by Gasteiger charge is -2.10. The largest absolute Gasteiger partial charge is 0.453 e. The van der Waals surface area contributed by atoms with Crippen LogP contribution in [0.2, 0.25) is 0 Å². The summed E-state index contributed by atoms with van der Waals surface area (Å²) in [6.45, 7) is 1.27. The maximum absolute atomic E-state index is 14.9. The van der Waals surface area contributed by atoms with E-state index in [1.807, 2.05) is 22.9 Å². The third-order valence-corrected chi connectivity index (χ3v) is 6.79. The van der Waals surface area contributed by atoms with Gasteiger partial charge in [-0.05, 0) is 30.3 Å². The van der Waals surface area contributed by atoms with Gasteiger partial charge in [-0.3, -0.25) is 14.6 Å². The molecule has 3 aromatic heterocycles. The monoisotopic (exact) mass is 545 g/mol. The molecule has 0 fully saturated rings. The van der Waals surface area contributed by atoms with Crippen LogP contribution in [-0.4, -0.2) is 40.1 Å². The summed E-state index contributed by atoms with van der Waals surface area (Å²) < 4.78 is 28.6. The molecule has 0 radical (unpaired) electrons. The van der Waals surface area contributed by atoms with Gasteiger partial charge >= 0.3 is 0 Å². The Kier molecular flexibility index (Phi) is 7.90. The Balaban J connectivity index is 1.25. The van der Waals surface area contributed by atoms with Gasteiger partial charge in [-0.25, -0.2) is 9.37 Å². The number of hydrogen-bond acceptors (Lipinski definition) is 7. The molecule has 0 bridgehead atoms. The molecule has 2 amide bonds. The molecule has 5 aromatic rings. The highest BCUT2D eigenvalue weighted by Crippen LogP contribution is 2.39. The number of nitrogens with one attached hydrogen (secondary N) is 2. The number of amides is 2. The molecule has 39 heavy (non-hydrogen) atoms. The number of benzene rings is 2. The lowest BCUT2D eigenvalue weighted by atomic mass is 10.2. The lowest BCUT2D eigenvalue weighted by Crippen LogP contribution is -2.21. The molecule has 0 aliphatic heterocycles. The van der Waals surface area contributed by atoms with Gasteiger partial charge in [0.2, 0.25) is 11.8 Å². The predicted molar refractivity (Wildman–Crippen MR) is 148 cm³/mol. The minimum atomic E-state index is -0.667. The van der Waals surface area contributed by atoms with Crippen molar-refractivity contribution >= 4 is 44.7 Å². The SMILES string of the molecule is COCCn1cnc(-c2cc3nccc(Oc4ccc(NC(=O)CC(=O)Nc5ccccc5)cc4F)c3s2)c1. The van der Waals surface area contributed by atoms with Crippen LogP contribution in [0.4, 0.5) is 15.8 Å². The number of methoxy groups -OCH3 is 1. The highest BCUT2D eigenvalue weighted by Gasteiger charge is 2.16. The first-order valence-corrected chi connectivity index (χ1v) is 12.8. The number of thiophene rings is 1. The van der Waals surface area contributed by atoms with E-state index in [0.29, 0.717) is 30.1 Å². The van der Waals surface area contributed by atoms with E-state index in [2.05, 4.69) is 20.6 Å². The van der Waals surface area contributed by atoms with E-state index >= 15 is 0 Å². The molecule has 9 nitrogen and oxygen atoms in total. The van der Waals surface area contributed by atoms with E-state index in [0.717, 1.165) is 21.3 Å². The van der Waals surface area contributed by atoms with E-state index in [4.69, 9.17) is 9.47 Å². The van der Waals surface area contributed by atoms with Crippen LogP contribution < -0.4 is 15.4 Å². The highest BCUT2D eigenvalue weighted by atomic mass is 32.1. The minimum absolute atomic E-state index is 0.0129. The fraction of sp³-hybridized carbons (Fsp3) is 0.143. The molecule has 3 heterocycles. The Morgan fingerprint density at radius 3 is 2.54 bits per heavy atom. The summed E-state index contributed by atoms with van der Waals surface area (Å²) in [7, 11) is 1.65. The van der Waals surface area contributed by atoms with Crippen LogP contribution in [0.15, 0.2) is 79.4 Å². The van der Waals surface area contributed by atoms with E-state index in [-0.39, 0.29) is 11.4 Å². The summed E-state index contributed by atoms with van der Waals surface area (Å²) in [4.78, 5) is 34.1. The summed E-state index contributed by atoms with van der Waals surface area (Å²) in [5, 5.41) is 5.17. The summed E-state index contributed by atoms with van der Waals surface area (Å²) in [5.74, 6) is -1.27. The molecule has 2 aromatic carbocycles. The maximum atomic E-state index is 14.9. The number of aromatic nitrogens is 3. The summed E-state index contributed by atoms with van der Waals surface area (Å²) in [6, 6.07) is 16.5. The standard InChI is InChI=1S/C28H24FN5O4S/c1-37-12-11-34-16-22(31-17-34)25-14-21-28(39-25)24(9-10-30-21)38-23-8-7-19(13-20(23)29)33-27(36)15-26(35)32-18-5-3-2-4-6-18/h2-10,13-14,16-17H,11-12,15H2,1H3,(H,32,35)(H,33,36). The number of imidazole rings is 1.